The summed E-state index contributed by atoms with van der Waals surface area (Å²) >= 11 is 0. The monoisotopic (exact) mass is 185 g/mol. The van der Waals surface area contributed by atoms with E-state index in [1.807, 2.05) is 19.0 Å². The Morgan fingerprint density at radius 1 is 1.31 bits per heavy atom. The van der Waals surface area contributed by atoms with Gasteiger partial charge in [-0.1, -0.05) is 0 Å². The van der Waals surface area contributed by atoms with Gasteiger partial charge < -0.3 is 9.80 Å². The molecule has 0 saturated heterocycles. The molecule has 0 aromatic carbocycles. The molecule has 0 N–H and O–H groups in total. The van der Waals surface area contributed by atoms with Crippen molar-refractivity contribution in [2.45, 2.75) is 0 Å². The average Bonchev–Trinajstić information content (AvgIpc) is 1.96. The molecule has 0 fully saturated rings. The highest BCUT2D eigenvalue weighted by molar-refractivity contribution is 5.13. The van der Waals surface area contributed by atoms with E-state index < -0.39 is 4.92 Å². The molecule has 0 spiro atoms. The van der Waals surface area contributed by atoms with Crippen molar-refractivity contribution in [1.29, 1.82) is 0 Å². The molecule has 0 aromatic heterocycles. The molecule has 0 atom stereocenters. The van der Waals surface area contributed by atoms with Crippen LogP contribution in [0.1, 0.15) is 0 Å². The van der Waals surface area contributed by atoms with Crippen molar-refractivity contribution in [2.75, 3.05) is 28.2 Å². The normalized spacial score (nSPS) is 11.8. The van der Waals surface area contributed by atoms with E-state index in [1.165, 1.54) is 0 Å². The van der Waals surface area contributed by atoms with Crippen molar-refractivity contribution >= 4 is 0 Å². The predicted octanol–water partition coefficient (Wildman–Crippen LogP) is 0.741. The summed E-state index contributed by atoms with van der Waals surface area (Å²) in [6.07, 6.45) is 4.41. The third-order valence-electron chi connectivity index (χ3n) is 1.30. The van der Waals surface area contributed by atoms with Gasteiger partial charge in [-0.05, 0) is 6.08 Å². The summed E-state index contributed by atoms with van der Waals surface area (Å²) in [6, 6.07) is 0. The van der Waals surface area contributed by atoms with Crippen molar-refractivity contribution in [3.63, 3.8) is 0 Å². The van der Waals surface area contributed by atoms with Crippen LogP contribution in [0.3, 0.4) is 0 Å². The van der Waals surface area contributed by atoms with E-state index in [0.717, 1.165) is 6.20 Å². The Labute approximate surface area is 78.1 Å². The van der Waals surface area contributed by atoms with E-state index >= 15 is 0 Å². The molecule has 74 valence electrons. The molecule has 0 aliphatic carbocycles. The quantitative estimate of drug-likeness (QED) is 0.368. The van der Waals surface area contributed by atoms with Crippen molar-refractivity contribution in [2.24, 2.45) is 0 Å². The lowest BCUT2D eigenvalue weighted by Crippen LogP contribution is -2.12. The summed E-state index contributed by atoms with van der Waals surface area (Å²) in [4.78, 5) is 13.3. The van der Waals surface area contributed by atoms with E-state index in [9.17, 15) is 10.1 Å². The number of nitrogens with zero attached hydrogens (tertiary/aromatic N) is 3. The molecule has 0 rings (SSSR count). The number of hydrogen-bond acceptors (Lipinski definition) is 4. The minimum Gasteiger partial charge on any atom is -0.383 e. The van der Waals surface area contributed by atoms with Crippen molar-refractivity contribution < 1.29 is 4.92 Å². The molecule has 0 aliphatic heterocycles. The van der Waals surface area contributed by atoms with E-state index in [4.69, 9.17) is 0 Å². The first-order valence-electron chi connectivity index (χ1n) is 3.80. The van der Waals surface area contributed by atoms with Crippen LogP contribution in [-0.2, 0) is 0 Å². The van der Waals surface area contributed by atoms with Gasteiger partial charge in [0.15, 0.2) is 0 Å². The van der Waals surface area contributed by atoms with Gasteiger partial charge in [-0.3, -0.25) is 10.1 Å². The Bertz CT molecular complexity index is 232. The van der Waals surface area contributed by atoms with Crippen LogP contribution < -0.4 is 0 Å². The zero-order valence-corrected chi connectivity index (χ0v) is 8.39. The zero-order chi connectivity index (χ0) is 10.4. The maximum atomic E-state index is 10.2. The summed E-state index contributed by atoms with van der Waals surface area (Å²) in [5.41, 5.74) is 0.554. The van der Waals surface area contributed by atoms with Crippen molar-refractivity contribution in [3.8, 4) is 0 Å². The van der Waals surface area contributed by atoms with Gasteiger partial charge in [0.25, 0.3) is 6.20 Å². The van der Waals surface area contributed by atoms with Gasteiger partial charge in [-0.2, -0.15) is 0 Å². The molecular formula is C8H15N3O2. The third kappa shape index (κ3) is 5.72. The molecule has 0 saturated carbocycles. The minimum atomic E-state index is -0.463. The summed E-state index contributed by atoms with van der Waals surface area (Å²) in [5, 5.41) is 10.2. The Morgan fingerprint density at radius 3 is 2.15 bits per heavy atom. The van der Waals surface area contributed by atoms with Gasteiger partial charge in [0.1, 0.15) is 5.70 Å². The zero-order valence-electron chi connectivity index (χ0n) is 8.39. The Balaban J connectivity index is 4.54. The van der Waals surface area contributed by atoms with E-state index in [2.05, 4.69) is 0 Å². The second kappa shape index (κ2) is 5.18. The Morgan fingerprint density at radius 2 is 1.85 bits per heavy atom. The summed E-state index contributed by atoms with van der Waals surface area (Å²) in [6.45, 7) is 0. The smallest absolute Gasteiger partial charge is 0.257 e. The molecule has 0 heterocycles. The average molecular weight is 185 g/mol. The molecule has 0 radical (unpaired) electrons. The fourth-order valence-corrected chi connectivity index (χ4v) is 0.641. The standard InChI is InChI=1S/C8H15N3O2/c1-9(2)6-5-8(10(3)4)7-11(12)13/h5-7H,1-4H3/b6-5+,8-7-. The Kier molecular flexibility index (Phi) is 4.58. The first-order chi connectivity index (χ1) is 5.93. The number of rotatable bonds is 4. The number of hydrogen-bond donors (Lipinski definition) is 0. The van der Waals surface area contributed by atoms with Crippen LogP contribution in [0.4, 0.5) is 0 Å². The van der Waals surface area contributed by atoms with E-state index in [-0.39, 0.29) is 0 Å². The third-order valence-corrected chi connectivity index (χ3v) is 1.30. The van der Waals surface area contributed by atoms with Crippen molar-refractivity contribution in [1.82, 2.24) is 9.80 Å². The molecule has 5 heteroatoms. The van der Waals surface area contributed by atoms with Gasteiger partial charge in [0.05, 0.1) is 4.92 Å². The molecule has 0 aromatic rings. The predicted molar refractivity (Wildman–Crippen MR) is 51.6 cm³/mol. The molecule has 5 nitrogen and oxygen atoms in total. The van der Waals surface area contributed by atoms with Gasteiger partial charge in [-0.25, -0.2) is 0 Å². The largest absolute Gasteiger partial charge is 0.383 e. The topological polar surface area (TPSA) is 49.6 Å². The highest BCUT2D eigenvalue weighted by Gasteiger charge is 2.00. The van der Waals surface area contributed by atoms with Gasteiger partial charge in [0, 0.05) is 34.4 Å². The van der Waals surface area contributed by atoms with Gasteiger partial charge >= 0.3 is 0 Å². The fourth-order valence-electron chi connectivity index (χ4n) is 0.641. The lowest BCUT2D eigenvalue weighted by Gasteiger charge is -2.11. The maximum Gasteiger partial charge on any atom is 0.257 e. The summed E-state index contributed by atoms with van der Waals surface area (Å²) in [5.74, 6) is 0. The van der Waals surface area contributed by atoms with Gasteiger partial charge in [0.2, 0.25) is 0 Å². The fraction of sp³-hybridized carbons (Fsp3) is 0.500. The van der Waals surface area contributed by atoms with E-state index in [0.29, 0.717) is 5.70 Å². The number of allylic oxidation sites excluding steroid dienone is 1. The van der Waals surface area contributed by atoms with Crippen LogP contribution >= 0.6 is 0 Å². The lowest BCUT2D eigenvalue weighted by atomic mass is 10.4. The minimum absolute atomic E-state index is 0.463. The molecule has 0 unspecified atom stereocenters. The maximum absolute atomic E-state index is 10.2. The van der Waals surface area contributed by atoms with Gasteiger partial charge in [-0.15, -0.1) is 0 Å². The SMILES string of the molecule is CN(C)/C=C/C(=C/[N+](=O)[O-])N(C)C. The van der Waals surface area contributed by atoms with E-state index in [1.54, 1.807) is 31.3 Å². The number of likely N-dealkylation sites (N-methyl/N-ethyl adjacent to an activating group) is 1. The van der Waals surface area contributed by atoms with Crippen LogP contribution in [0, 0.1) is 10.1 Å². The first kappa shape index (κ1) is 11.5. The van der Waals surface area contributed by atoms with Crippen molar-refractivity contribution in [3.05, 3.63) is 34.3 Å². The second-order valence-corrected chi connectivity index (χ2v) is 3.01. The second-order valence-electron chi connectivity index (χ2n) is 3.01. The summed E-state index contributed by atoms with van der Waals surface area (Å²) in [7, 11) is 7.23. The molecule has 13 heavy (non-hydrogen) atoms. The van der Waals surface area contributed by atoms with Crippen LogP contribution in [0.5, 0.6) is 0 Å². The van der Waals surface area contributed by atoms with Crippen LogP contribution in [0.2, 0.25) is 0 Å². The molecule has 0 aliphatic rings. The molecular weight excluding hydrogens is 170 g/mol. The number of nitro groups is 1. The van der Waals surface area contributed by atoms with Crippen LogP contribution in [0.25, 0.3) is 0 Å². The molecule has 0 amide bonds. The highest BCUT2D eigenvalue weighted by atomic mass is 16.6. The highest BCUT2D eigenvalue weighted by Crippen LogP contribution is 2.00. The lowest BCUT2D eigenvalue weighted by molar-refractivity contribution is -0.404. The van der Waals surface area contributed by atoms with Crippen LogP contribution in [0.15, 0.2) is 24.2 Å². The first-order valence-corrected chi connectivity index (χ1v) is 3.80. The summed E-state index contributed by atoms with van der Waals surface area (Å²) < 4.78 is 0. The molecule has 0 bridgehead atoms. The Hall–Kier alpha value is -1.52. The van der Waals surface area contributed by atoms with Crippen LogP contribution in [-0.4, -0.2) is 42.9 Å².